The van der Waals surface area contributed by atoms with Crippen LogP contribution in [-0.4, -0.2) is 11.1 Å². The number of halogens is 1. The predicted octanol–water partition coefficient (Wildman–Crippen LogP) is 2.84. The maximum absolute atomic E-state index is 10.8. The van der Waals surface area contributed by atoms with Crippen LogP contribution in [0.3, 0.4) is 0 Å². The van der Waals surface area contributed by atoms with Gasteiger partial charge in [-0.2, -0.15) is 0 Å². The Balaban J connectivity index is 3.18. The number of aromatic carboxylic acids is 1. The van der Waals surface area contributed by atoms with Crippen LogP contribution in [0.1, 0.15) is 28.4 Å². The van der Waals surface area contributed by atoms with Crippen LogP contribution in [-0.2, 0) is 11.8 Å². The maximum Gasteiger partial charge on any atom is 0.336 e. The second kappa shape index (κ2) is 4.42. The van der Waals surface area contributed by atoms with Gasteiger partial charge in [0.05, 0.1) is 5.56 Å². The van der Waals surface area contributed by atoms with Crippen molar-refractivity contribution in [3.8, 4) is 0 Å². The molecule has 70 valence electrons. The van der Waals surface area contributed by atoms with Crippen molar-refractivity contribution in [2.75, 3.05) is 0 Å². The molecule has 0 aliphatic heterocycles. The number of hydrogen-bond donors (Lipinski definition) is 1. The highest BCUT2D eigenvalue weighted by atomic mass is 79.9. The highest BCUT2D eigenvalue weighted by Crippen LogP contribution is 2.15. The zero-order valence-corrected chi connectivity index (χ0v) is 8.97. The van der Waals surface area contributed by atoms with Crippen molar-refractivity contribution in [3.63, 3.8) is 0 Å². The summed E-state index contributed by atoms with van der Waals surface area (Å²) < 4.78 is 0. The first-order valence-electron chi connectivity index (χ1n) is 4.10. The summed E-state index contributed by atoms with van der Waals surface area (Å²) in [6.45, 7) is 2.01. The van der Waals surface area contributed by atoms with Crippen molar-refractivity contribution in [1.29, 1.82) is 0 Å². The molecule has 0 saturated heterocycles. The Morgan fingerprint density at radius 3 is 2.69 bits per heavy atom. The largest absolute Gasteiger partial charge is 0.478 e. The summed E-state index contributed by atoms with van der Waals surface area (Å²) in [5.74, 6) is -0.857. The summed E-state index contributed by atoms with van der Waals surface area (Å²) in [4.78, 5) is 10.8. The molecule has 0 aromatic heterocycles. The average Bonchev–Trinajstić information content (AvgIpc) is 2.16. The van der Waals surface area contributed by atoms with Crippen LogP contribution < -0.4 is 0 Å². The van der Waals surface area contributed by atoms with Crippen LogP contribution in [0.15, 0.2) is 18.2 Å². The summed E-state index contributed by atoms with van der Waals surface area (Å²) in [6.07, 6.45) is 0.864. The van der Waals surface area contributed by atoms with Crippen molar-refractivity contribution in [2.45, 2.75) is 18.7 Å². The third-order valence-electron chi connectivity index (χ3n) is 1.96. The van der Waals surface area contributed by atoms with Gasteiger partial charge >= 0.3 is 5.97 Å². The molecule has 0 aliphatic rings. The standard InChI is InChI=1S/C10H11BrO2/c1-2-7-3-4-8(6-11)9(5-7)10(12)13/h3-5H,2,6H2,1H3,(H,12,13). The Bertz CT molecular complexity index is 321. The number of aryl methyl sites for hydroxylation is 1. The minimum absolute atomic E-state index is 0.399. The van der Waals surface area contributed by atoms with Crippen LogP contribution in [0.25, 0.3) is 0 Å². The number of alkyl halides is 1. The van der Waals surface area contributed by atoms with E-state index >= 15 is 0 Å². The van der Waals surface area contributed by atoms with Crippen LogP contribution in [0.5, 0.6) is 0 Å². The summed E-state index contributed by atoms with van der Waals surface area (Å²) in [5, 5.41) is 9.48. The minimum Gasteiger partial charge on any atom is -0.478 e. The number of carboxylic acids is 1. The van der Waals surface area contributed by atoms with Crippen LogP contribution in [0, 0.1) is 0 Å². The van der Waals surface area contributed by atoms with Gasteiger partial charge in [-0.25, -0.2) is 4.79 Å². The van der Waals surface area contributed by atoms with Gasteiger partial charge in [0.25, 0.3) is 0 Å². The average molecular weight is 243 g/mol. The smallest absolute Gasteiger partial charge is 0.336 e. The summed E-state index contributed by atoms with van der Waals surface area (Å²) in [6, 6.07) is 5.55. The lowest BCUT2D eigenvalue weighted by Gasteiger charge is -2.04. The van der Waals surface area contributed by atoms with Gasteiger partial charge in [0, 0.05) is 5.33 Å². The van der Waals surface area contributed by atoms with E-state index < -0.39 is 5.97 Å². The Labute approximate surface area is 85.7 Å². The van der Waals surface area contributed by atoms with E-state index in [1.165, 1.54) is 0 Å². The second-order valence-corrected chi connectivity index (χ2v) is 3.34. The number of rotatable bonds is 3. The van der Waals surface area contributed by atoms with E-state index in [1.54, 1.807) is 6.07 Å². The minimum atomic E-state index is -0.857. The molecule has 1 N–H and O–H groups in total. The van der Waals surface area contributed by atoms with Crippen molar-refractivity contribution in [1.82, 2.24) is 0 Å². The molecule has 0 aliphatic carbocycles. The quantitative estimate of drug-likeness (QED) is 0.829. The summed E-state index contributed by atoms with van der Waals surface area (Å²) in [7, 11) is 0. The van der Waals surface area contributed by atoms with Gasteiger partial charge in [-0.05, 0) is 23.6 Å². The monoisotopic (exact) mass is 242 g/mol. The fourth-order valence-corrected chi connectivity index (χ4v) is 1.65. The zero-order valence-electron chi connectivity index (χ0n) is 7.38. The second-order valence-electron chi connectivity index (χ2n) is 2.78. The van der Waals surface area contributed by atoms with Crippen LogP contribution in [0.2, 0.25) is 0 Å². The topological polar surface area (TPSA) is 37.3 Å². The molecule has 0 amide bonds. The van der Waals surface area contributed by atoms with Crippen LogP contribution >= 0.6 is 15.9 Å². The number of carbonyl (C=O) groups is 1. The van der Waals surface area contributed by atoms with Crippen molar-refractivity contribution in [2.24, 2.45) is 0 Å². The first-order valence-corrected chi connectivity index (χ1v) is 5.22. The van der Waals surface area contributed by atoms with E-state index in [1.807, 2.05) is 19.1 Å². The van der Waals surface area contributed by atoms with Gasteiger partial charge < -0.3 is 5.11 Å². The lowest BCUT2D eigenvalue weighted by Crippen LogP contribution is -2.02. The molecule has 0 radical (unpaired) electrons. The van der Waals surface area contributed by atoms with E-state index in [4.69, 9.17) is 5.11 Å². The molecule has 0 spiro atoms. The molecular weight excluding hydrogens is 232 g/mol. The van der Waals surface area contributed by atoms with Crippen molar-refractivity contribution in [3.05, 3.63) is 34.9 Å². The van der Waals surface area contributed by atoms with E-state index in [9.17, 15) is 4.79 Å². The Kier molecular flexibility index (Phi) is 3.48. The zero-order chi connectivity index (χ0) is 9.84. The molecule has 1 aromatic carbocycles. The molecule has 0 saturated carbocycles. The fraction of sp³-hybridized carbons (Fsp3) is 0.300. The van der Waals surface area contributed by atoms with Gasteiger partial charge in [-0.1, -0.05) is 35.0 Å². The Morgan fingerprint density at radius 1 is 1.54 bits per heavy atom. The molecule has 0 fully saturated rings. The molecule has 0 heterocycles. The molecule has 1 rings (SSSR count). The molecule has 3 heteroatoms. The third kappa shape index (κ3) is 2.31. The fourth-order valence-electron chi connectivity index (χ4n) is 1.16. The number of hydrogen-bond acceptors (Lipinski definition) is 1. The molecule has 0 bridgehead atoms. The molecule has 13 heavy (non-hydrogen) atoms. The van der Waals surface area contributed by atoms with Crippen molar-refractivity contribution < 1.29 is 9.90 Å². The molecule has 0 unspecified atom stereocenters. The Morgan fingerprint density at radius 2 is 2.23 bits per heavy atom. The highest BCUT2D eigenvalue weighted by Gasteiger charge is 2.08. The van der Waals surface area contributed by atoms with Gasteiger partial charge in [0.15, 0.2) is 0 Å². The Hall–Kier alpha value is -0.830. The number of benzene rings is 1. The highest BCUT2D eigenvalue weighted by molar-refractivity contribution is 9.08. The van der Waals surface area contributed by atoms with Crippen LogP contribution in [0.4, 0.5) is 0 Å². The molecule has 2 nitrogen and oxygen atoms in total. The lowest BCUT2D eigenvalue weighted by molar-refractivity contribution is 0.0696. The summed E-state index contributed by atoms with van der Waals surface area (Å²) >= 11 is 3.26. The van der Waals surface area contributed by atoms with Gasteiger partial charge in [0.1, 0.15) is 0 Å². The van der Waals surface area contributed by atoms with Crippen molar-refractivity contribution >= 4 is 21.9 Å². The van der Waals surface area contributed by atoms with E-state index in [0.717, 1.165) is 17.5 Å². The molecule has 1 aromatic rings. The maximum atomic E-state index is 10.8. The molecular formula is C10H11BrO2. The van der Waals surface area contributed by atoms with E-state index in [0.29, 0.717) is 10.9 Å². The number of carboxylic acid groups (broad SMARTS) is 1. The van der Waals surface area contributed by atoms with Gasteiger partial charge in [0.2, 0.25) is 0 Å². The first kappa shape index (κ1) is 10.3. The van der Waals surface area contributed by atoms with Gasteiger partial charge in [-0.3, -0.25) is 0 Å². The third-order valence-corrected chi connectivity index (χ3v) is 2.56. The normalized spacial score (nSPS) is 10.0. The lowest BCUT2D eigenvalue weighted by atomic mass is 10.0. The predicted molar refractivity (Wildman–Crippen MR) is 55.4 cm³/mol. The molecule has 0 atom stereocenters. The SMILES string of the molecule is CCc1ccc(CBr)c(C(=O)O)c1. The summed E-state index contributed by atoms with van der Waals surface area (Å²) in [5.41, 5.74) is 2.28. The first-order chi connectivity index (χ1) is 6.19. The van der Waals surface area contributed by atoms with E-state index in [-0.39, 0.29) is 0 Å². The van der Waals surface area contributed by atoms with Gasteiger partial charge in [-0.15, -0.1) is 0 Å². The van der Waals surface area contributed by atoms with E-state index in [2.05, 4.69) is 15.9 Å².